The van der Waals surface area contributed by atoms with E-state index in [1.54, 1.807) is 26.2 Å². The average Bonchev–Trinajstić information content (AvgIpc) is 2.62. The summed E-state index contributed by atoms with van der Waals surface area (Å²) in [6.45, 7) is 8.92. The van der Waals surface area contributed by atoms with Crippen molar-refractivity contribution >= 4 is 40.0 Å². The van der Waals surface area contributed by atoms with Crippen LogP contribution in [0, 0.1) is 0 Å². The fourth-order valence-corrected chi connectivity index (χ4v) is 3.74. The normalized spacial score (nSPS) is 12.0. The molecule has 1 aromatic carbocycles. The van der Waals surface area contributed by atoms with Gasteiger partial charge in [0.15, 0.2) is 5.96 Å². The van der Waals surface area contributed by atoms with Crippen LogP contribution in [0.5, 0.6) is 0 Å². The van der Waals surface area contributed by atoms with Gasteiger partial charge in [-0.1, -0.05) is 18.2 Å². The summed E-state index contributed by atoms with van der Waals surface area (Å²) in [6, 6.07) is 6.89. The molecule has 0 amide bonds. The molecule has 0 spiro atoms. The minimum Gasteiger partial charge on any atom is -0.352 e. The number of hydrogen-bond acceptors (Lipinski definition) is 3. The first-order valence-electron chi connectivity index (χ1n) is 8.83. The van der Waals surface area contributed by atoms with Crippen molar-refractivity contribution in [3.05, 3.63) is 42.5 Å². The van der Waals surface area contributed by atoms with Crippen LogP contribution in [0.15, 0.2) is 46.8 Å². The number of nitrogens with zero attached hydrogens (tertiary/aromatic N) is 3. The van der Waals surface area contributed by atoms with E-state index in [2.05, 4.69) is 21.8 Å². The highest BCUT2D eigenvalue weighted by atomic mass is 127. The quantitative estimate of drug-likeness (QED) is 0.183. The number of benzene rings is 1. The molecule has 0 fully saturated rings. The van der Waals surface area contributed by atoms with Crippen LogP contribution < -0.4 is 5.32 Å². The molecule has 8 heteroatoms. The first-order chi connectivity index (χ1) is 12.2. The van der Waals surface area contributed by atoms with Crippen LogP contribution in [0.2, 0.25) is 0 Å². The second-order valence-corrected chi connectivity index (χ2v) is 8.51. The van der Waals surface area contributed by atoms with E-state index in [9.17, 15) is 8.42 Å². The molecule has 1 rings (SSSR count). The molecule has 27 heavy (non-hydrogen) atoms. The van der Waals surface area contributed by atoms with E-state index < -0.39 is 10.0 Å². The van der Waals surface area contributed by atoms with Crippen molar-refractivity contribution < 1.29 is 8.42 Å². The number of hydrogen-bond donors (Lipinski definition) is 1. The largest absolute Gasteiger partial charge is 0.352 e. The summed E-state index contributed by atoms with van der Waals surface area (Å²) in [6.07, 6.45) is 3.91. The molecule has 0 aliphatic carbocycles. The maximum atomic E-state index is 12.5. The van der Waals surface area contributed by atoms with Gasteiger partial charge in [0.05, 0.1) is 4.90 Å². The van der Waals surface area contributed by atoms with Crippen LogP contribution in [0.3, 0.4) is 0 Å². The van der Waals surface area contributed by atoms with Gasteiger partial charge in [-0.05, 0) is 44.4 Å². The Kier molecular flexibility index (Phi) is 11.8. The maximum absolute atomic E-state index is 12.5. The highest BCUT2D eigenvalue weighted by Crippen LogP contribution is 2.17. The molecule has 0 saturated heterocycles. The van der Waals surface area contributed by atoms with Crippen LogP contribution in [0.1, 0.15) is 32.3 Å². The minimum absolute atomic E-state index is 0. The van der Waals surface area contributed by atoms with Crippen molar-refractivity contribution in [1.29, 1.82) is 0 Å². The fourth-order valence-electron chi connectivity index (χ4n) is 2.37. The lowest BCUT2D eigenvalue weighted by Gasteiger charge is -2.22. The molecular weight excluding hydrogens is 475 g/mol. The second-order valence-electron chi connectivity index (χ2n) is 6.51. The molecule has 0 bridgehead atoms. The van der Waals surface area contributed by atoms with Crippen LogP contribution in [0.4, 0.5) is 0 Å². The molecule has 0 atom stereocenters. The Balaban J connectivity index is 0.00000676. The first kappa shape index (κ1) is 25.9. The van der Waals surface area contributed by atoms with Gasteiger partial charge >= 0.3 is 0 Å². The highest BCUT2D eigenvalue weighted by molar-refractivity contribution is 14.0. The number of halogens is 1. The Morgan fingerprint density at radius 2 is 1.85 bits per heavy atom. The molecule has 0 aliphatic rings. The summed E-state index contributed by atoms with van der Waals surface area (Å²) >= 11 is 0. The molecule has 0 radical (unpaired) electrons. The van der Waals surface area contributed by atoms with Crippen molar-refractivity contribution in [3.8, 4) is 0 Å². The van der Waals surface area contributed by atoms with Crippen LogP contribution in [-0.2, 0) is 16.6 Å². The van der Waals surface area contributed by atoms with Crippen molar-refractivity contribution in [1.82, 2.24) is 14.5 Å². The lowest BCUT2D eigenvalue weighted by Crippen LogP contribution is -2.39. The Hall–Kier alpha value is -1.13. The van der Waals surface area contributed by atoms with Gasteiger partial charge in [0, 0.05) is 40.3 Å². The summed E-state index contributed by atoms with van der Waals surface area (Å²) in [5.74, 6) is 0.810. The molecule has 0 heterocycles. The molecule has 6 nitrogen and oxygen atoms in total. The predicted octanol–water partition coefficient (Wildman–Crippen LogP) is 3.31. The molecule has 1 aromatic rings. The number of nitrogens with one attached hydrogen (secondary N) is 1. The molecule has 154 valence electrons. The Morgan fingerprint density at radius 3 is 2.33 bits per heavy atom. The summed E-state index contributed by atoms with van der Waals surface area (Å²) in [5, 5.41) is 3.30. The van der Waals surface area contributed by atoms with E-state index in [1.165, 1.54) is 4.31 Å². The average molecular weight is 508 g/mol. The first-order valence-corrected chi connectivity index (χ1v) is 10.3. The number of allylic oxidation sites excluding steroid dienone is 1. The Labute approximate surface area is 181 Å². The Bertz CT molecular complexity index is 703. The lowest BCUT2D eigenvalue weighted by molar-refractivity contribution is 0.410. The SMILES string of the molecule is C=CCCCN(C)C(=NC)NCc1ccc(S(=O)(=O)N(C)C(C)C)cc1.I. The predicted molar refractivity (Wildman–Crippen MR) is 124 cm³/mol. The van der Waals surface area contributed by atoms with Gasteiger partial charge in [-0.3, -0.25) is 4.99 Å². The third kappa shape index (κ3) is 7.79. The monoisotopic (exact) mass is 508 g/mol. The third-order valence-electron chi connectivity index (χ3n) is 4.25. The van der Waals surface area contributed by atoms with Crippen molar-refractivity contribution in [2.45, 2.75) is 44.2 Å². The molecule has 0 saturated carbocycles. The van der Waals surface area contributed by atoms with Gasteiger partial charge in [0.25, 0.3) is 0 Å². The van der Waals surface area contributed by atoms with E-state index in [1.807, 2.05) is 39.1 Å². The number of rotatable bonds is 9. The van der Waals surface area contributed by atoms with E-state index >= 15 is 0 Å². The molecule has 0 aromatic heterocycles. The van der Waals surface area contributed by atoms with Crippen molar-refractivity contribution in [2.75, 3.05) is 27.7 Å². The van der Waals surface area contributed by atoms with Crippen molar-refractivity contribution in [2.24, 2.45) is 4.99 Å². The lowest BCUT2D eigenvalue weighted by atomic mass is 10.2. The fraction of sp³-hybridized carbons (Fsp3) is 0.526. The molecule has 0 unspecified atom stereocenters. The van der Waals surface area contributed by atoms with Crippen LogP contribution in [0.25, 0.3) is 0 Å². The zero-order valence-electron chi connectivity index (χ0n) is 17.0. The number of guanidine groups is 1. The van der Waals surface area contributed by atoms with E-state index in [0.29, 0.717) is 11.4 Å². The molecule has 1 N–H and O–H groups in total. The highest BCUT2D eigenvalue weighted by Gasteiger charge is 2.22. The van der Waals surface area contributed by atoms with E-state index in [-0.39, 0.29) is 30.0 Å². The smallest absolute Gasteiger partial charge is 0.243 e. The van der Waals surface area contributed by atoms with Gasteiger partial charge in [0.2, 0.25) is 10.0 Å². The summed E-state index contributed by atoms with van der Waals surface area (Å²) < 4.78 is 26.4. The standard InChI is InChI=1S/C19H32N4O2S.HI/c1-7-8-9-14-22(5)19(20-4)21-15-17-10-12-18(13-11-17)26(24,25)23(6)16(2)3;/h7,10-13,16H,1,8-9,14-15H2,2-6H3,(H,20,21);1H. The molecular formula is C19H33IN4O2S. The Morgan fingerprint density at radius 1 is 1.26 bits per heavy atom. The van der Waals surface area contributed by atoms with Gasteiger partial charge in [-0.2, -0.15) is 4.31 Å². The summed E-state index contributed by atoms with van der Waals surface area (Å²) in [4.78, 5) is 6.66. The summed E-state index contributed by atoms with van der Waals surface area (Å²) in [7, 11) is 1.90. The van der Waals surface area contributed by atoms with Gasteiger partial charge < -0.3 is 10.2 Å². The van der Waals surface area contributed by atoms with Crippen LogP contribution >= 0.6 is 24.0 Å². The number of sulfonamides is 1. The molecule has 0 aliphatic heterocycles. The van der Waals surface area contributed by atoms with Gasteiger partial charge in [0.1, 0.15) is 0 Å². The van der Waals surface area contributed by atoms with Gasteiger partial charge in [-0.15, -0.1) is 30.6 Å². The zero-order valence-corrected chi connectivity index (χ0v) is 20.1. The van der Waals surface area contributed by atoms with Crippen molar-refractivity contribution in [3.63, 3.8) is 0 Å². The summed E-state index contributed by atoms with van der Waals surface area (Å²) in [5.41, 5.74) is 0.997. The van der Waals surface area contributed by atoms with E-state index in [0.717, 1.165) is 30.9 Å². The zero-order chi connectivity index (χ0) is 19.7. The third-order valence-corrected chi connectivity index (χ3v) is 6.30. The minimum atomic E-state index is -3.44. The number of aliphatic imine (C=N–C) groups is 1. The number of unbranched alkanes of at least 4 members (excludes halogenated alkanes) is 1. The van der Waals surface area contributed by atoms with Crippen LogP contribution in [-0.4, -0.2) is 57.3 Å². The van der Waals surface area contributed by atoms with Gasteiger partial charge in [-0.25, -0.2) is 8.42 Å². The van der Waals surface area contributed by atoms with E-state index in [4.69, 9.17) is 0 Å². The maximum Gasteiger partial charge on any atom is 0.243 e. The second kappa shape index (κ2) is 12.4. The topological polar surface area (TPSA) is 65.0 Å².